The Morgan fingerprint density at radius 3 is 2.63 bits per heavy atom. The predicted octanol–water partition coefficient (Wildman–Crippen LogP) is 4.00. The van der Waals surface area contributed by atoms with Gasteiger partial charge in [0.05, 0.1) is 10.6 Å². The van der Waals surface area contributed by atoms with Gasteiger partial charge in [-0.1, -0.05) is 35.7 Å². The summed E-state index contributed by atoms with van der Waals surface area (Å²) >= 11 is 6.06. The van der Waals surface area contributed by atoms with Gasteiger partial charge >= 0.3 is 5.97 Å². The molecule has 0 atom stereocenters. The van der Waals surface area contributed by atoms with Crippen LogP contribution in [0, 0.1) is 12.7 Å². The van der Waals surface area contributed by atoms with Gasteiger partial charge in [-0.2, -0.15) is 0 Å². The van der Waals surface area contributed by atoms with Gasteiger partial charge in [0.1, 0.15) is 22.8 Å². The number of hydrogen-bond donors (Lipinski definition) is 0. The highest BCUT2D eigenvalue weighted by molar-refractivity contribution is 6.33. The van der Waals surface area contributed by atoms with Gasteiger partial charge in [-0.15, -0.1) is 0 Å². The number of nitrogens with zero attached hydrogens (tertiary/aromatic N) is 2. The molecule has 1 saturated heterocycles. The lowest BCUT2D eigenvalue weighted by Gasteiger charge is -2.19. The van der Waals surface area contributed by atoms with E-state index in [1.165, 1.54) is 25.1 Å². The molecule has 0 saturated carbocycles. The van der Waals surface area contributed by atoms with Crippen molar-refractivity contribution in [2.75, 3.05) is 19.7 Å². The molecule has 1 fully saturated rings. The van der Waals surface area contributed by atoms with Crippen LogP contribution in [0.25, 0.3) is 11.3 Å². The number of esters is 1. The van der Waals surface area contributed by atoms with Crippen LogP contribution in [0.1, 0.15) is 41.8 Å². The first kappa shape index (κ1) is 19.4. The number of benzene rings is 1. The first-order valence-electron chi connectivity index (χ1n) is 8.84. The maximum Gasteiger partial charge on any atom is 0.344 e. The van der Waals surface area contributed by atoms with Gasteiger partial charge in [-0.3, -0.25) is 4.79 Å². The Morgan fingerprint density at radius 1 is 1.26 bits per heavy atom. The van der Waals surface area contributed by atoms with Crippen molar-refractivity contribution in [2.45, 2.75) is 32.6 Å². The van der Waals surface area contributed by atoms with E-state index in [0.29, 0.717) is 13.1 Å². The van der Waals surface area contributed by atoms with Gasteiger partial charge in [0.2, 0.25) is 0 Å². The first-order valence-corrected chi connectivity index (χ1v) is 9.22. The number of aromatic nitrogens is 1. The summed E-state index contributed by atoms with van der Waals surface area (Å²) in [7, 11) is 0. The zero-order chi connectivity index (χ0) is 19.4. The number of carbonyl (C=O) groups is 2. The number of amides is 1. The Hall–Kier alpha value is -2.41. The average Bonchev–Trinajstić information content (AvgIpc) is 2.85. The SMILES string of the molecule is Cc1onc(-c2c(F)cccc2Cl)c1C(=O)OCC(=O)N1CCCCCC1. The van der Waals surface area contributed by atoms with Crippen molar-refractivity contribution < 1.29 is 23.2 Å². The molecule has 6 nitrogen and oxygen atoms in total. The van der Waals surface area contributed by atoms with Crippen LogP contribution in [0.5, 0.6) is 0 Å². The smallest absolute Gasteiger partial charge is 0.344 e. The Labute approximate surface area is 161 Å². The highest BCUT2D eigenvalue weighted by atomic mass is 35.5. The van der Waals surface area contributed by atoms with Gasteiger partial charge in [0.15, 0.2) is 6.61 Å². The Kier molecular flexibility index (Phi) is 6.11. The molecule has 1 aliphatic rings. The third-order valence-corrected chi connectivity index (χ3v) is 4.87. The van der Waals surface area contributed by atoms with E-state index in [2.05, 4.69) is 5.16 Å². The van der Waals surface area contributed by atoms with E-state index in [4.69, 9.17) is 20.9 Å². The Morgan fingerprint density at radius 2 is 1.96 bits per heavy atom. The first-order chi connectivity index (χ1) is 13.0. The molecule has 0 bridgehead atoms. The second kappa shape index (κ2) is 8.52. The van der Waals surface area contributed by atoms with Crippen LogP contribution in [0.2, 0.25) is 5.02 Å². The summed E-state index contributed by atoms with van der Waals surface area (Å²) in [4.78, 5) is 26.5. The van der Waals surface area contributed by atoms with Crippen LogP contribution in [-0.2, 0) is 9.53 Å². The lowest BCUT2D eigenvalue weighted by atomic mass is 10.1. The predicted molar refractivity (Wildman–Crippen MR) is 97.0 cm³/mol. The molecular formula is C19H20ClFN2O4. The number of halogens is 2. The molecule has 0 unspecified atom stereocenters. The summed E-state index contributed by atoms with van der Waals surface area (Å²) in [5.74, 6) is -1.52. The molecule has 3 rings (SSSR count). The lowest BCUT2D eigenvalue weighted by molar-refractivity contribution is -0.134. The fourth-order valence-electron chi connectivity index (χ4n) is 3.12. The third-order valence-electron chi connectivity index (χ3n) is 4.55. The van der Waals surface area contributed by atoms with E-state index < -0.39 is 11.8 Å². The van der Waals surface area contributed by atoms with Gasteiger partial charge < -0.3 is 14.2 Å². The maximum absolute atomic E-state index is 14.2. The van der Waals surface area contributed by atoms with Crippen molar-refractivity contribution in [3.05, 3.63) is 40.4 Å². The minimum Gasteiger partial charge on any atom is -0.452 e. The van der Waals surface area contributed by atoms with Crippen molar-refractivity contribution in [2.24, 2.45) is 0 Å². The quantitative estimate of drug-likeness (QED) is 0.733. The topological polar surface area (TPSA) is 72.6 Å². The normalized spacial score (nSPS) is 14.7. The summed E-state index contributed by atoms with van der Waals surface area (Å²) in [6.45, 7) is 2.46. The third kappa shape index (κ3) is 4.30. The van der Waals surface area contributed by atoms with Gasteiger partial charge in [-0.05, 0) is 31.9 Å². The number of likely N-dealkylation sites (tertiary alicyclic amines) is 1. The zero-order valence-electron chi connectivity index (χ0n) is 15.0. The molecule has 27 heavy (non-hydrogen) atoms. The largest absolute Gasteiger partial charge is 0.452 e. The summed E-state index contributed by atoms with van der Waals surface area (Å²) in [6.07, 6.45) is 4.08. The molecule has 0 spiro atoms. The van der Waals surface area contributed by atoms with Crippen LogP contribution in [0.4, 0.5) is 4.39 Å². The molecule has 2 heterocycles. The minimum absolute atomic E-state index is 0.0364. The highest BCUT2D eigenvalue weighted by Crippen LogP contribution is 2.33. The number of ether oxygens (including phenoxy) is 1. The summed E-state index contributed by atoms with van der Waals surface area (Å²) in [5.41, 5.74) is -0.115. The minimum atomic E-state index is -0.800. The Bertz CT molecular complexity index is 824. The summed E-state index contributed by atoms with van der Waals surface area (Å²) in [6, 6.07) is 4.15. The molecule has 1 aromatic carbocycles. The molecular weight excluding hydrogens is 375 g/mol. The average molecular weight is 395 g/mol. The molecule has 1 amide bonds. The van der Waals surface area contributed by atoms with E-state index in [1.54, 1.807) is 4.90 Å². The van der Waals surface area contributed by atoms with E-state index in [0.717, 1.165) is 25.7 Å². The molecule has 1 aliphatic heterocycles. The molecule has 0 aliphatic carbocycles. The van der Waals surface area contributed by atoms with Gasteiger partial charge in [0.25, 0.3) is 5.91 Å². The Balaban J connectivity index is 1.76. The van der Waals surface area contributed by atoms with E-state index in [1.807, 2.05) is 0 Å². The van der Waals surface area contributed by atoms with Crippen LogP contribution >= 0.6 is 11.6 Å². The number of carbonyl (C=O) groups excluding carboxylic acids is 2. The van der Waals surface area contributed by atoms with Crippen LogP contribution in [0.3, 0.4) is 0 Å². The summed E-state index contributed by atoms with van der Waals surface area (Å²) in [5, 5.41) is 3.86. The summed E-state index contributed by atoms with van der Waals surface area (Å²) < 4.78 is 24.4. The zero-order valence-corrected chi connectivity index (χ0v) is 15.7. The van der Waals surface area contributed by atoms with E-state index in [-0.39, 0.29) is 40.1 Å². The molecule has 1 aromatic heterocycles. The van der Waals surface area contributed by atoms with Crippen molar-refractivity contribution in [3.8, 4) is 11.3 Å². The molecule has 2 aromatic rings. The number of hydrogen-bond acceptors (Lipinski definition) is 5. The van der Waals surface area contributed by atoms with Crippen molar-refractivity contribution in [1.82, 2.24) is 10.1 Å². The fourth-order valence-corrected chi connectivity index (χ4v) is 3.37. The molecule has 144 valence electrons. The highest BCUT2D eigenvalue weighted by Gasteiger charge is 2.27. The van der Waals surface area contributed by atoms with Crippen LogP contribution < -0.4 is 0 Å². The number of aryl methyl sites for hydroxylation is 1. The molecule has 8 heteroatoms. The van der Waals surface area contributed by atoms with Gasteiger partial charge in [0, 0.05) is 13.1 Å². The van der Waals surface area contributed by atoms with Crippen LogP contribution in [-0.4, -0.2) is 41.6 Å². The fraction of sp³-hybridized carbons (Fsp3) is 0.421. The van der Waals surface area contributed by atoms with Crippen LogP contribution in [0.15, 0.2) is 22.7 Å². The van der Waals surface area contributed by atoms with Gasteiger partial charge in [-0.25, -0.2) is 9.18 Å². The van der Waals surface area contributed by atoms with Crippen molar-refractivity contribution in [3.63, 3.8) is 0 Å². The second-order valence-corrected chi connectivity index (χ2v) is 6.84. The second-order valence-electron chi connectivity index (χ2n) is 6.43. The van der Waals surface area contributed by atoms with Crippen molar-refractivity contribution in [1.29, 1.82) is 0 Å². The van der Waals surface area contributed by atoms with E-state index >= 15 is 0 Å². The molecule has 0 N–H and O–H groups in total. The number of rotatable bonds is 4. The monoisotopic (exact) mass is 394 g/mol. The molecule has 0 radical (unpaired) electrons. The lowest BCUT2D eigenvalue weighted by Crippen LogP contribution is -2.35. The van der Waals surface area contributed by atoms with Crippen molar-refractivity contribution >= 4 is 23.5 Å². The standard InChI is InChI=1S/C19H20ClFN2O4/c1-12-16(18(22-27-12)17-13(20)7-6-8-14(17)21)19(25)26-11-15(24)23-9-4-2-3-5-10-23/h6-8H,2-5,9-11H2,1H3. The van der Waals surface area contributed by atoms with E-state index in [9.17, 15) is 14.0 Å². The maximum atomic E-state index is 14.2.